The van der Waals surface area contributed by atoms with Crippen LogP contribution in [-0.2, 0) is 6.54 Å². The van der Waals surface area contributed by atoms with E-state index in [0.717, 1.165) is 67.6 Å². The van der Waals surface area contributed by atoms with E-state index in [4.69, 9.17) is 16.3 Å². The molecule has 1 saturated carbocycles. The average molecular weight is 417 g/mol. The topological polar surface area (TPSA) is 54.7 Å². The second kappa shape index (κ2) is 8.80. The zero-order chi connectivity index (χ0) is 20.4. The predicted molar refractivity (Wildman–Crippen MR) is 117 cm³/mol. The molecule has 2 aromatic rings. The van der Waals surface area contributed by atoms with Crippen molar-refractivity contribution in [3.8, 4) is 16.9 Å². The highest BCUT2D eigenvalue weighted by Crippen LogP contribution is 2.39. The van der Waals surface area contributed by atoms with E-state index in [1.54, 1.807) is 4.57 Å². The third-order valence-electron chi connectivity index (χ3n) is 6.14. The molecule has 0 saturated heterocycles. The lowest BCUT2D eigenvalue weighted by molar-refractivity contribution is 0.120. The van der Waals surface area contributed by atoms with Crippen LogP contribution in [0.3, 0.4) is 0 Å². The zero-order valence-corrected chi connectivity index (χ0v) is 17.7. The van der Waals surface area contributed by atoms with Gasteiger partial charge in [0, 0.05) is 24.3 Å². The molecule has 2 heterocycles. The summed E-state index contributed by atoms with van der Waals surface area (Å²) in [6, 6.07) is 8.46. The van der Waals surface area contributed by atoms with Crippen LogP contribution in [0.25, 0.3) is 11.1 Å². The van der Waals surface area contributed by atoms with Crippen molar-refractivity contribution < 1.29 is 9.84 Å². The monoisotopic (exact) mass is 416 g/mol. The summed E-state index contributed by atoms with van der Waals surface area (Å²) in [4.78, 5) is 15.0. The Kier molecular flexibility index (Phi) is 6.16. The fourth-order valence-electron chi connectivity index (χ4n) is 4.43. The molecule has 2 aliphatic rings. The SMILES string of the molecule is CCCCn1ccc(-c2ccc3c(c2)OCCN3[C@H]2CC[C@H](O)CC2)c(Cl)c1=O. The number of aromatic nitrogens is 1. The van der Waals surface area contributed by atoms with Crippen molar-refractivity contribution in [3.63, 3.8) is 0 Å². The molecule has 0 bridgehead atoms. The smallest absolute Gasteiger partial charge is 0.269 e. The Morgan fingerprint density at radius 3 is 2.76 bits per heavy atom. The second-order valence-corrected chi connectivity index (χ2v) is 8.46. The highest BCUT2D eigenvalue weighted by atomic mass is 35.5. The molecule has 0 amide bonds. The number of rotatable bonds is 5. The molecule has 4 rings (SSSR count). The molecule has 1 fully saturated rings. The zero-order valence-electron chi connectivity index (χ0n) is 16.9. The summed E-state index contributed by atoms with van der Waals surface area (Å²) in [7, 11) is 0. The van der Waals surface area contributed by atoms with E-state index >= 15 is 0 Å². The minimum absolute atomic E-state index is 0.140. The van der Waals surface area contributed by atoms with Crippen molar-refractivity contribution in [2.45, 2.75) is 64.1 Å². The minimum atomic E-state index is -0.157. The van der Waals surface area contributed by atoms with Gasteiger partial charge in [-0.15, -0.1) is 0 Å². The molecule has 1 aromatic carbocycles. The maximum absolute atomic E-state index is 12.6. The Labute approximate surface area is 176 Å². The number of halogens is 1. The molecule has 0 spiro atoms. The number of fused-ring (bicyclic) bond motifs is 1. The Morgan fingerprint density at radius 1 is 1.21 bits per heavy atom. The van der Waals surface area contributed by atoms with Crippen molar-refractivity contribution >= 4 is 17.3 Å². The number of nitrogens with zero attached hydrogens (tertiary/aromatic N) is 2. The quantitative estimate of drug-likeness (QED) is 0.781. The summed E-state index contributed by atoms with van der Waals surface area (Å²) in [5.74, 6) is 0.839. The second-order valence-electron chi connectivity index (χ2n) is 8.08. The van der Waals surface area contributed by atoms with Crippen molar-refractivity contribution in [1.82, 2.24) is 4.57 Å². The molecule has 5 nitrogen and oxygen atoms in total. The van der Waals surface area contributed by atoms with Crippen LogP contribution in [0.1, 0.15) is 45.4 Å². The van der Waals surface area contributed by atoms with Crippen LogP contribution in [-0.4, -0.2) is 35.0 Å². The number of ether oxygens (including phenoxy) is 1. The van der Waals surface area contributed by atoms with Crippen molar-refractivity contribution in [2.24, 2.45) is 0 Å². The number of pyridine rings is 1. The highest BCUT2D eigenvalue weighted by molar-refractivity contribution is 6.33. The van der Waals surface area contributed by atoms with Gasteiger partial charge in [-0.3, -0.25) is 4.79 Å². The predicted octanol–water partition coefficient (Wildman–Crippen LogP) is 4.47. The lowest BCUT2D eigenvalue weighted by atomic mass is 9.91. The summed E-state index contributed by atoms with van der Waals surface area (Å²) in [5, 5.41) is 10.1. The van der Waals surface area contributed by atoms with Gasteiger partial charge in [0.15, 0.2) is 0 Å². The van der Waals surface area contributed by atoms with Gasteiger partial charge in [-0.1, -0.05) is 31.0 Å². The van der Waals surface area contributed by atoms with Gasteiger partial charge in [-0.2, -0.15) is 0 Å². The van der Waals surface area contributed by atoms with Gasteiger partial charge in [-0.05, 0) is 55.9 Å². The third-order valence-corrected chi connectivity index (χ3v) is 6.50. The van der Waals surface area contributed by atoms with Crippen LogP contribution in [0.5, 0.6) is 5.75 Å². The van der Waals surface area contributed by atoms with E-state index in [1.165, 1.54) is 0 Å². The van der Waals surface area contributed by atoms with Gasteiger partial charge in [0.25, 0.3) is 5.56 Å². The van der Waals surface area contributed by atoms with E-state index in [1.807, 2.05) is 24.4 Å². The summed E-state index contributed by atoms with van der Waals surface area (Å²) in [5.41, 5.74) is 2.59. The molecule has 29 heavy (non-hydrogen) atoms. The molecule has 1 aromatic heterocycles. The van der Waals surface area contributed by atoms with Crippen molar-refractivity contribution in [3.05, 3.63) is 45.8 Å². The first-order valence-corrected chi connectivity index (χ1v) is 11.1. The van der Waals surface area contributed by atoms with Crippen molar-refractivity contribution in [1.29, 1.82) is 0 Å². The van der Waals surface area contributed by atoms with E-state index in [2.05, 4.69) is 17.9 Å². The van der Waals surface area contributed by atoms with Crippen LogP contribution in [0.15, 0.2) is 35.3 Å². The minimum Gasteiger partial charge on any atom is -0.490 e. The fraction of sp³-hybridized carbons (Fsp3) is 0.522. The Hall–Kier alpha value is -1.98. The maximum Gasteiger partial charge on any atom is 0.269 e. The normalized spacial score (nSPS) is 21.6. The van der Waals surface area contributed by atoms with E-state index in [-0.39, 0.29) is 16.7 Å². The van der Waals surface area contributed by atoms with E-state index < -0.39 is 0 Å². The van der Waals surface area contributed by atoms with Gasteiger partial charge in [0.05, 0.1) is 18.3 Å². The molecule has 0 radical (unpaired) electrons. The maximum atomic E-state index is 12.6. The first-order valence-electron chi connectivity index (χ1n) is 10.7. The first kappa shape index (κ1) is 20.3. The molecule has 1 aliphatic heterocycles. The molecule has 1 N–H and O–H groups in total. The summed E-state index contributed by atoms with van der Waals surface area (Å²) >= 11 is 6.45. The molecule has 0 atom stereocenters. The Bertz CT molecular complexity index is 919. The number of benzene rings is 1. The largest absolute Gasteiger partial charge is 0.490 e. The first-order chi connectivity index (χ1) is 14.1. The van der Waals surface area contributed by atoms with E-state index in [9.17, 15) is 9.90 Å². The van der Waals surface area contributed by atoms with Crippen LogP contribution in [0, 0.1) is 0 Å². The standard InChI is InChI=1S/C23H29ClN2O3/c1-2-3-11-25-12-10-19(22(24)23(25)28)16-4-9-20-21(15-16)29-14-13-26(20)17-5-7-18(27)8-6-17/h4,9-10,12,15,17-18,27H,2-3,5-8,11,13-14H2,1H3/t17-,18-. The fourth-order valence-corrected chi connectivity index (χ4v) is 4.71. The van der Waals surface area contributed by atoms with Crippen LogP contribution >= 0.6 is 11.6 Å². The summed E-state index contributed by atoms with van der Waals surface area (Å²) in [6.07, 6.45) is 7.39. The lowest BCUT2D eigenvalue weighted by Gasteiger charge is -2.40. The number of unbranched alkanes of at least 4 members (excludes halogenated alkanes) is 1. The highest BCUT2D eigenvalue weighted by Gasteiger charge is 2.29. The third kappa shape index (κ3) is 4.17. The lowest BCUT2D eigenvalue weighted by Crippen LogP contribution is -2.43. The van der Waals surface area contributed by atoms with Crippen LogP contribution in [0.4, 0.5) is 5.69 Å². The summed E-state index contributed by atoms with van der Waals surface area (Å²) < 4.78 is 7.64. The molecule has 156 valence electrons. The molecular formula is C23H29ClN2O3. The van der Waals surface area contributed by atoms with Crippen molar-refractivity contribution in [2.75, 3.05) is 18.1 Å². The van der Waals surface area contributed by atoms with Gasteiger partial charge in [0.2, 0.25) is 0 Å². The van der Waals surface area contributed by atoms with E-state index in [0.29, 0.717) is 19.2 Å². The molecule has 6 heteroatoms. The molecular weight excluding hydrogens is 388 g/mol. The summed E-state index contributed by atoms with van der Waals surface area (Å²) in [6.45, 7) is 4.30. The average Bonchev–Trinajstić information content (AvgIpc) is 2.74. The van der Waals surface area contributed by atoms with Gasteiger partial charge in [0.1, 0.15) is 17.4 Å². The Morgan fingerprint density at radius 2 is 2.00 bits per heavy atom. The molecule has 0 unspecified atom stereocenters. The number of aryl methyl sites for hydroxylation is 1. The van der Waals surface area contributed by atoms with Gasteiger partial charge >= 0.3 is 0 Å². The number of aliphatic hydroxyl groups excluding tert-OH is 1. The number of hydrogen-bond donors (Lipinski definition) is 1. The number of hydrogen-bond acceptors (Lipinski definition) is 4. The van der Waals surface area contributed by atoms with Crippen LogP contribution < -0.4 is 15.2 Å². The Balaban J connectivity index is 1.61. The van der Waals surface area contributed by atoms with Gasteiger partial charge in [-0.25, -0.2) is 0 Å². The number of anilines is 1. The van der Waals surface area contributed by atoms with Crippen LogP contribution in [0.2, 0.25) is 5.02 Å². The number of aliphatic hydroxyl groups is 1. The molecule has 1 aliphatic carbocycles. The van der Waals surface area contributed by atoms with Gasteiger partial charge < -0.3 is 19.3 Å².